The molecule has 1 amide bonds. The van der Waals surface area contributed by atoms with E-state index in [1.807, 2.05) is 10.3 Å². The first-order valence-corrected chi connectivity index (χ1v) is 7.64. The highest BCUT2D eigenvalue weighted by atomic mass is 32.1. The normalized spacial score (nSPS) is 19.1. The van der Waals surface area contributed by atoms with Gasteiger partial charge in [-0.2, -0.15) is 0 Å². The zero-order chi connectivity index (χ0) is 14.7. The molecule has 0 aliphatic carbocycles. The molecule has 1 aromatic rings. The number of aliphatic carboxylic acids is 1. The molecule has 108 valence electrons. The van der Waals surface area contributed by atoms with Crippen molar-refractivity contribution in [1.29, 1.82) is 0 Å². The van der Waals surface area contributed by atoms with E-state index in [9.17, 15) is 9.59 Å². The zero-order valence-corrected chi connectivity index (χ0v) is 12.5. The van der Waals surface area contributed by atoms with Gasteiger partial charge in [0.05, 0.1) is 4.88 Å². The van der Waals surface area contributed by atoms with Gasteiger partial charge in [-0.1, -0.05) is 13.8 Å². The van der Waals surface area contributed by atoms with Gasteiger partial charge in [0, 0.05) is 19.2 Å². The molecular weight excluding hydrogens is 274 g/mol. The number of hydrogen-bond donors (Lipinski definition) is 1. The first-order valence-electron chi connectivity index (χ1n) is 6.76. The molecule has 1 unspecified atom stereocenters. The molecule has 4 nitrogen and oxygen atoms in total. The van der Waals surface area contributed by atoms with E-state index in [-0.39, 0.29) is 5.91 Å². The molecule has 1 aliphatic heterocycles. The van der Waals surface area contributed by atoms with Gasteiger partial charge >= 0.3 is 5.97 Å². The summed E-state index contributed by atoms with van der Waals surface area (Å²) in [5.74, 6) is 0.170. The minimum atomic E-state index is -1.00. The lowest BCUT2D eigenvalue weighted by atomic mass is 9.95. The van der Waals surface area contributed by atoms with Gasteiger partial charge in [0.25, 0.3) is 5.91 Å². The second-order valence-corrected chi connectivity index (χ2v) is 6.34. The predicted molar refractivity (Wildman–Crippen MR) is 79.8 cm³/mol. The van der Waals surface area contributed by atoms with Crippen molar-refractivity contribution in [3.8, 4) is 0 Å². The summed E-state index contributed by atoms with van der Waals surface area (Å²) in [7, 11) is 0. The predicted octanol–water partition coefficient (Wildman–Crippen LogP) is 2.96. The number of carbonyl (C=O) groups is 2. The summed E-state index contributed by atoms with van der Waals surface area (Å²) in [5.41, 5.74) is 0.690. The van der Waals surface area contributed by atoms with Gasteiger partial charge in [-0.25, -0.2) is 4.79 Å². The number of nitrogens with zero attached hydrogens (tertiary/aromatic N) is 1. The second-order valence-electron chi connectivity index (χ2n) is 5.42. The van der Waals surface area contributed by atoms with E-state index in [4.69, 9.17) is 5.11 Å². The standard InChI is InChI=1S/C15H19NO3S/c1-10(2)12-5-7-16(9-12)15(19)14-11(6-8-20-14)3-4-13(17)18/h3-4,6,8,10,12H,5,7,9H2,1-2H3,(H,17,18)/b4-3+. The van der Waals surface area contributed by atoms with Crippen LogP contribution in [-0.4, -0.2) is 35.0 Å². The van der Waals surface area contributed by atoms with E-state index in [1.165, 1.54) is 17.4 Å². The molecule has 0 radical (unpaired) electrons. The smallest absolute Gasteiger partial charge is 0.328 e. The van der Waals surface area contributed by atoms with Gasteiger partial charge in [0.1, 0.15) is 0 Å². The van der Waals surface area contributed by atoms with Crippen molar-refractivity contribution in [3.63, 3.8) is 0 Å². The van der Waals surface area contributed by atoms with E-state index >= 15 is 0 Å². The lowest BCUT2D eigenvalue weighted by Crippen LogP contribution is -2.29. The third-order valence-electron chi connectivity index (χ3n) is 3.75. The molecule has 5 heteroatoms. The van der Waals surface area contributed by atoms with Crippen molar-refractivity contribution < 1.29 is 14.7 Å². The molecule has 0 aromatic carbocycles. The third kappa shape index (κ3) is 3.28. The molecule has 20 heavy (non-hydrogen) atoms. The van der Waals surface area contributed by atoms with Crippen molar-refractivity contribution in [1.82, 2.24) is 4.90 Å². The molecule has 1 atom stereocenters. The van der Waals surface area contributed by atoms with Crippen LogP contribution in [0.2, 0.25) is 0 Å². The first kappa shape index (κ1) is 14.8. The van der Waals surface area contributed by atoms with Gasteiger partial charge in [0.15, 0.2) is 0 Å². The van der Waals surface area contributed by atoms with E-state index in [2.05, 4.69) is 13.8 Å². The summed E-state index contributed by atoms with van der Waals surface area (Å²) in [6.45, 7) is 5.97. The summed E-state index contributed by atoms with van der Waals surface area (Å²) in [6.07, 6.45) is 3.61. The largest absolute Gasteiger partial charge is 0.478 e. The lowest BCUT2D eigenvalue weighted by molar-refractivity contribution is -0.131. The van der Waals surface area contributed by atoms with Crippen LogP contribution in [0.4, 0.5) is 0 Å². The van der Waals surface area contributed by atoms with Gasteiger partial charge < -0.3 is 10.0 Å². The highest BCUT2D eigenvalue weighted by molar-refractivity contribution is 7.12. The number of rotatable bonds is 4. The number of thiophene rings is 1. The Morgan fingerprint density at radius 1 is 1.50 bits per heavy atom. The van der Waals surface area contributed by atoms with Crippen LogP contribution in [0.15, 0.2) is 17.5 Å². The molecule has 1 N–H and O–H groups in total. The maximum Gasteiger partial charge on any atom is 0.328 e. The summed E-state index contributed by atoms with van der Waals surface area (Å²) >= 11 is 1.37. The van der Waals surface area contributed by atoms with Crippen LogP contribution < -0.4 is 0 Å². The first-order chi connectivity index (χ1) is 9.49. The van der Waals surface area contributed by atoms with E-state index < -0.39 is 5.97 Å². The molecule has 1 aromatic heterocycles. The average molecular weight is 293 g/mol. The van der Waals surface area contributed by atoms with Crippen molar-refractivity contribution in [3.05, 3.63) is 28.0 Å². The van der Waals surface area contributed by atoms with E-state index in [0.29, 0.717) is 22.3 Å². The number of hydrogen-bond acceptors (Lipinski definition) is 3. The Morgan fingerprint density at radius 3 is 2.85 bits per heavy atom. The monoisotopic (exact) mass is 293 g/mol. The molecule has 2 heterocycles. The van der Waals surface area contributed by atoms with Crippen molar-refractivity contribution in [2.24, 2.45) is 11.8 Å². The summed E-state index contributed by atoms with van der Waals surface area (Å²) in [5, 5.41) is 10.5. The van der Waals surface area contributed by atoms with Crippen LogP contribution >= 0.6 is 11.3 Å². The van der Waals surface area contributed by atoms with Crippen LogP contribution in [0.1, 0.15) is 35.5 Å². The Kier molecular flexibility index (Phi) is 4.60. The van der Waals surface area contributed by atoms with Crippen LogP contribution in [0.3, 0.4) is 0 Å². The minimum Gasteiger partial charge on any atom is -0.478 e. The number of likely N-dealkylation sites (tertiary alicyclic amines) is 1. The maximum atomic E-state index is 12.5. The van der Waals surface area contributed by atoms with Crippen molar-refractivity contribution in [2.75, 3.05) is 13.1 Å². The fourth-order valence-corrected chi connectivity index (χ4v) is 3.30. The Morgan fingerprint density at radius 2 is 2.25 bits per heavy atom. The number of carbonyl (C=O) groups excluding carboxylic acids is 1. The van der Waals surface area contributed by atoms with Gasteiger partial charge in [-0.3, -0.25) is 4.79 Å². The van der Waals surface area contributed by atoms with E-state index in [1.54, 1.807) is 6.07 Å². The lowest BCUT2D eigenvalue weighted by Gasteiger charge is -2.17. The van der Waals surface area contributed by atoms with Crippen LogP contribution in [-0.2, 0) is 4.79 Å². The molecule has 1 saturated heterocycles. The Bertz CT molecular complexity index is 533. The molecular formula is C15H19NO3S. The zero-order valence-electron chi connectivity index (χ0n) is 11.7. The fraction of sp³-hybridized carbons (Fsp3) is 0.467. The fourth-order valence-electron chi connectivity index (χ4n) is 2.44. The molecule has 0 saturated carbocycles. The highest BCUT2D eigenvalue weighted by Crippen LogP contribution is 2.27. The molecule has 0 bridgehead atoms. The van der Waals surface area contributed by atoms with Crippen LogP contribution in [0.25, 0.3) is 6.08 Å². The number of carboxylic acid groups (broad SMARTS) is 1. The van der Waals surface area contributed by atoms with Gasteiger partial charge in [-0.05, 0) is 41.3 Å². The minimum absolute atomic E-state index is 0.0215. The van der Waals surface area contributed by atoms with Crippen LogP contribution in [0, 0.1) is 11.8 Å². The number of amides is 1. The average Bonchev–Trinajstić information content (AvgIpc) is 3.04. The topological polar surface area (TPSA) is 57.6 Å². The van der Waals surface area contributed by atoms with Crippen molar-refractivity contribution in [2.45, 2.75) is 20.3 Å². The second kappa shape index (κ2) is 6.22. The summed E-state index contributed by atoms with van der Waals surface area (Å²) in [4.78, 5) is 25.6. The van der Waals surface area contributed by atoms with Gasteiger partial charge in [0.2, 0.25) is 0 Å². The highest BCUT2D eigenvalue weighted by Gasteiger charge is 2.29. The quantitative estimate of drug-likeness (QED) is 0.868. The Labute approximate surface area is 122 Å². The molecule has 1 fully saturated rings. The summed E-state index contributed by atoms with van der Waals surface area (Å²) in [6, 6.07) is 1.79. The molecule has 2 rings (SSSR count). The van der Waals surface area contributed by atoms with Gasteiger partial charge in [-0.15, -0.1) is 11.3 Å². The van der Waals surface area contributed by atoms with Crippen LogP contribution in [0.5, 0.6) is 0 Å². The van der Waals surface area contributed by atoms with Crippen molar-refractivity contribution >= 4 is 29.3 Å². The number of carboxylic acids is 1. The summed E-state index contributed by atoms with van der Waals surface area (Å²) < 4.78 is 0. The Balaban J connectivity index is 2.11. The maximum absolute atomic E-state index is 12.5. The SMILES string of the molecule is CC(C)C1CCN(C(=O)c2sccc2/C=C/C(=O)O)C1. The Hall–Kier alpha value is -1.62. The third-order valence-corrected chi connectivity index (χ3v) is 4.67. The van der Waals surface area contributed by atoms with E-state index in [0.717, 1.165) is 25.6 Å². The molecule has 0 spiro atoms. The molecule has 1 aliphatic rings.